The van der Waals surface area contributed by atoms with Crippen LogP contribution < -0.4 is 11.1 Å². The second-order valence-electron chi connectivity index (χ2n) is 5.90. The van der Waals surface area contributed by atoms with Gasteiger partial charge in [0, 0.05) is 6.54 Å². The van der Waals surface area contributed by atoms with Gasteiger partial charge in [0.2, 0.25) is 0 Å². The van der Waals surface area contributed by atoms with Crippen molar-refractivity contribution in [2.45, 2.75) is 39.0 Å². The van der Waals surface area contributed by atoms with Crippen molar-refractivity contribution in [1.29, 1.82) is 0 Å². The molecule has 0 saturated heterocycles. The molecule has 0 amide bonds. The van der Waals surface area contributed by atoms with Crippen molar-refractivity contribution in [1.82, 2.24) is 0 Å². The number of carboxylic acids is 1. The molecule has 4 N–H and O–H groups in total. The fourth-order valence-corrected chi connectivity index (χ4v) is 3.01. The zero-order chi connectivity index (χ0) is 15.4. The molecule has 0 atom stereocenters. The standard InChI is InChI=1S/C16H23FN2O2/c1-2-10-3-5-11(6-4-10)9-19-15-8-13(17)12(16(20)21)7-14(15)18/h7-8,10-11,19H,2-6,9,18H2,1H3,(H,20,21). The van der Waals surface area contributed by atoms with Crippen LogP contribution in [0.4, 0.5) is 15.8 Å². The molecule has 0 unspecified atom stereocenters. The van der Waals surface area contributed by atoms with Crippen molar-refractivity contribution in [2.24, 2.45) is 11.8 Å². The average Bonchev–Trinajstić information content (AvgIpc) is 2.48. The molecular formula is C16H23FN2O2. The molecule has 116 valence electrons. The van der Waals surface area contributed by atoms with Crippen LogP contribution in [0.3, 0.4) is 0 Å². The van der Waals surface area contributed by atoms with Gasteiger partial charge in [0.1, 0.15) is 5.82 Å². The van der Waals surface area contributed by atoms with Crippen LogP contribution in [0.5, 0.6) is 0 Å². The van der Waals surface area contributed by atoms with Gasteiger partial charge in [0.25, 0.3) is 0 Å². The maximum Gasteiger partial charge on any atom is 0.338 e. The number of aromatic carboxylic acids is 1. The first-order chi connectivity index (χ1) is 10.0. The van der Waals surface area contributed by atoms with Gasteiger partial charge < -0.3 is 16.2 Å². The van der Waals surface area contributed by atoms with E-state index in [1.165, 1.54) is 44.2 Å². The van der Waals surface area contributed by atoms with E-state index >= 15 is 0 Å². The van der Waals surface area contributed by atoms with Crippen LogP contribution in [-0.2, 0) is 0 Å². The van der Waals surface area contributed by atoms with Crippen LogP contribution in [0.2, 0.25) is 0 Å². The van der Waals surface area contributed by atoms with Crippen molar-refractivity contribution < 1.29 is 14.3 Å². The number of benzene rings is 1. The third kappa shape index (κ3) is 3.86. The van der Waals surface area contributed by atoms with Crippen LogP contribution in [0.1, 0.15) is 49.4 Å². The average molecular weight is 294 g/mol. The van der Waals surface area contributed by atoms with Crippen molar-refractivity contribution in [3.8, 4) is 0 Å². The normalized spacial score (nSPS) is 22.0. The minimum atomic E-state index is -1.30. The first kappa shape index (κ1) is 15.6. The number of carboxylic acid groups (broad SMARTS) is 1. The maximum atomic E-state index is 13.7. The Hall–Kier alpha value is -1.78. The predicted octanol–water partition coefficient (Wildman–Crippen LogP) is 3.73. The lowest BCUT2D eigenvalue weighted by atomic mass is 9.81. The van der Waals surface area contributed by atoms with Crippen molar-refractivity contribution in [2.75, 3.05) is 17.6 Å². The van der Waals surface area contributed by atoms with E-state index in [-0.39, 0.29) is 11.3 Å². The van der Waals surface area contributed by atoms with Gasteiger partial charge in [-0.15, -0.1) is 0 Å². The molecule has 1 aliphatic rings. The van der Waals surface area contributed by atoms with Crippen LogP contribution in [0.25, 0.3) is 0 Å². The first-order valence-corrected chi connectivity index (χ1v) is 7.57. The molecular weight excluding hydrogens is 271 g/mol. The van der Waals surface area contributed by atoms with E-state index in [1.54, 1.807) is 0 Å². The third-order valence-electron chi connectivity index (χ3n) is 4.49. The lowest BCUT2D eigenvalue weighted by molar-refractivity contribution is 0.0692. The molecule has 2 rings (SSSR count). The maximum absolute atomic E-state index is 13.7. The van der Waals surface area contributed by atoms with E-state index < -0.39 is 11.8 Å². The molecule has 1 fully saturated rings. The summed E-state index contributed by atoms with van der Waals surface area (Å²) < 4.78 is 13.7. The fourth-order valence-electron chi connectivity index (χ4n) is 3.01. The summed E-state index contributed by atoms with van der Waals surface area (Å²) in [6.45, 7) is 2.99. The monoisotopic (exact) mass is 294 g/mol. The molecule has 0 heterocycles. The zero-order valence-corrected chi connectivity index (χ0v) is 12.4. The quantitative estimate of drug-likeness (QED) is 0.723. The van der Waals surface area contributed by atoms with Gasteiger partial charge in [-0.25, -0.2) is 9.18 Å². The smallest absolute Gasteiger partial charge is 0.338 e. The minimum Gasteiger partial charge on any atom is -0.478 e. The summed E-state index contributed by atoms with van der Waals surface area (Å²) in [5.41, 5.74) is 6.16. The van der Waals surface area contributed by atoms with Crippen LogP contribution >= 0.6 is 0 Å². The zero-order valence-electron chi connectivity index (χ0n) is 12.4. The third-order valence-corrected chi connectivity index (χ3v) is 4.49. The van der Waals surface area contributed by atoms with E-state index in [1.807, 2.05) is 0 Å². The summed E-state index contributed by atoms with van der Waals surface area (Å²) in [5, 5.41) is 12.0. The van der Waals surface area contributed by atoms with E-state index in [0.717, 1.165) is 12.5 Å². The Bertz CT molecular complexity index is 511. The number of nitrogens with two attached hydrogens (primary N) is 1. The topological polar surface area (TPSA) is 75.3 Å². The number of rotatable bonds is 5. The first-order valence-electron chi connectivity index (χ1n) is 7.57. The molecule has 0 spiro atoms. The van der Waals surface area contributed by atoms with Gasteiger partial charge >= 0.3 is 5.97 Å². The van der Waals surface area contributed by atoms with Crippen LogP contribution in [0, 0.1) is 17.7 Å². The number of nitrogens with one attached hydrogen (secondary N) is 1. The number of hydrogen-bond acceptors (Lipinski definition) is 3. The van der Waals surface area contributed by atoms with Gasteiger partial charge in [0.15, 0.2) is 0 Å². The molecule has 0 aliphatic heterocycles. The second-order valence-corrected chi connectivity index (χ2v) is 5.90. The predicted molar refractivity (Wildman–Crippen MR) is 82.0 cm³/mol. The number of anilines is 2. The van der Waals surface area contributed by atoms with Crippen molar-refractivity contribution in [3.05, 3.63) is 23.5 Å². The second kappa shape index (κ2) is 6.78. The van der Waals surface area contributed by atoms with Crippen LogP contribution in [0.15, 0.2) is 12.1 Å². The Labute approximate surface area is 124 Å². The highest BCUT2D eigenvalue weighted by molar-refractivity contribution is 5.90. The fraction of sp³-hybridized carbons (Fsp3) is 0.562. The molecule has 0 aromatic heterocycles. The molecule has 1 aromatic carbocycles. The van der Waals surface area contributed by atoms with Crippen LogP contribution in [-0.4, -0.2) is 17.6 Å². The molecule has 0 radical (unpaired) electrons. The summed E-state index contributed by atoms with van der Waals surface area (Å²) in [4.78, 5) is 10.8. The molecule has 21 heavy (non-hydrogen) atoms. The van der Waals surface area contributed by atoms with Gasteiger partial charge in [0.05, 0.1) is 16.9 Å². The molecule has 1 saturated carbocycles. The van der Waals surface area contributed by atoms with Gasteiger partial charge in [-0.1, -0.05) is 26.2 Å². The molecule has 4 nitrogen and oxygen atoms in total. The Morgan fingerprint density at radius 1 is 1.33 bits per heavy atom. The Kier molecular flexibility index (Phi) is 5.04. The summed E-state index contributed by atoms with van der Waals surface area (Å²) >= 11 is 0. The highest BCUT2D eigenvalue weighted by Crippen LogP contribution is 2.31. The van der Waals surface area contributed by atoms with E-state index in [2.05, 4.69) is 12.2 Å². The number of nitrogen functional groups attached to an aromatic ring is 1. The summed E-state index contributed by atoms with van der Waals surface area (Å²) in [6, 6.07) is 2.35. The van der Waals surface area contributed by atoms with Gasteiger partial charge in [-0.05, 0) is 36.8 Å². The number of halogens is 1. The lowest BCUT2D eigenvalue weighted by Crippen LogP contribution is -2.21. The molecule has 1 aliphatic carbocycles. The Morgan fingerprint density at radius 2 is 1.95 bits per heavy atom. The summed E-state index contributed by atoms with van der Waals surface area (Å²) in [7, 11) is 0. The molecule has 1 aromatic rings. The summed E-state index contributed by atoms with van der Waals surface area (Å²) in [6.07, 6.45) is 6.12. The van der Waals surface area contributed by atoms with E-state index in [4.69, 9.17) is 10.8 Å². The SMILES string of the molecule is CCC1CCC(CNc2cc(F)c(C(=O)O)cc2N)CC1. The van der Waals surface area contributed by atoms with Gasteiger partial charge in [-0.2, -0.15) is 0 Å². The Morgan fingerprint density at radius 3 is 2.52 bits per heavy atom. The van der Waals surface area contributed by atoms with Crippen molar-refractivity contribution in [3.63, 3.8) is 0 Å². The van der Waals surface area contributed by atoms with Crippen molar-refractivity contribution >= 4 is 17.3 Å². The highest BCUT2D eigenvalue weighted by Gasteiger charge is 2.20. The largest absolute Gasteiger partial charge is 0.478 e. The Balaban J connectivity index is 1.95. The minimum absolute atomic E-state index is 0.274. The highest BCUT2D eigenvalue weighted by atomic mass is 19.1. The molecule has 5 heteroatoms. The number of carbonyl (C=O) groups is 1. The number of hydrogen-bond donors (Lipinski definition) is 3. The van der Waals surface area contributed by atoms with E-state index in [0.29, 0.717) is 11.6 Å². The molecule has 0 bridgehead atoms. The van der Waals surface area contributed by atoms with Gasteiger partial charge in [-0.3, -0.25) is 0 Å². The summed E-state index contributed by atoms with van der Waals surface area (Å²) in [5.74, 6) is -0.634. The lowest BCUT2D eigenvalue weighted by Gasteiger charge is -2.28. The van der Waals surface area contributed by atoms with E-state index in [9.17, 15) is 9.18 Å².